The van der Waals surface area contributed by atoms with Crippen molar-refractivity contribution in [2.24, 2.45) is 11.7 Å². The lowest BCUT2D eigenvalue weighted by molar-refractivity contribution is -0.384. The van der Waals surface area contributed by atoms with Crippen molar-refractivity contribution in [1.82, 2.24) is 24.4 Å². The van der Waals surface area contributed by atoms with Crippen LogP contribution in [0.5, 0.6) is 5.75 Å². The largest absolute Gasteiger partial charge is 0.415 e. The zero-order valence-electron chi connectivity index (χ0n) is 20.5. The third-order valence-electron chi connectivity index (χ3n) is 6.88. The van der Waals surface area contributed by atoms with Gasteiger partial charge in [-0.3, -0.25) is 19.5 Å². The number of hydrogen-bond donors (Lipinski definition) is 4. The summed E-state index contributed by atoms with van der Waals surface area (Å²) < 4.78 is 12.2. The van der Waals surface area contributed by atoms with E-state index in [4.69, 9.17) is 20.9 Å². The minimum Gasteiger partial charge on any atom is -0.410 e. The van der Waals surface area contributed by atoms with E-state index in [1.54, 1.807) is 4.90 Å². The second kappa shape index (κ2) is 10.4. The highest BCUT2D eigenvalue weighted by atomic mass is 16.6. The number of ether oxygens (including phenoxy) is 2. The number of piperidine rings is 1. The number of aromatic nitrogens is 4. The number of nitrogens with zero attached hydrogens (tertiary/aromatic N) is 6. The summed E-state index contributed by atoms with van der Waals surface area (Å²) in [5, 5.41) is 31.3. The number of hydrogen-bond acceptors (Lipinski definition) is 12. The highest BCUT2D eigenvalue weighted by Crippen LogP contribution is 2.32. The maximum Gasteiger partial charge on any atom is 0.415 e. The summed E-state index contributed by atoms with van der Waals surface area (Å²) in [6.45, 7) is 0.862. The Bertz CT molecular complexity index is 1410. The van der Waals surface area contributed by atoms with Crippen molar-refractivity contribution in [2.75, 3.05) is 18.8 Å². The van der Waals surface area contributed by atoms with Crippen LogP contribution in [0.3, 0.4) is 0 Å². The smallest absolute Gasteiger partial charge is 0.410 e. The molecule has 0 bridgehead atoms. The summed E-state index contributed by atoms with van der Waals surface area (Å²) in [7, 11) is 0. The van der Waals surface area contributed by atoms with E-state index in [9.17, 15) is 29.9 Å². The monoisotopic (exact) mass is 542 g/mol. The lowest BCUT2D eigenvalue weighted by Crippen LogP contribution is -2.40. The van der Waals surface area contributed by atoms with Crippen molar-refractivity contribution in [3.63, 3.8) is 0 Å². The van der Waals surface area contributed by atoms with E-state index in [2.05, 4.69) is 15.0 Å². The van der Waals surface area contributed by atoms with Crippen LogP contribution in [0.25, 0.3) is 11.2 Å². The van der Waals surface area contributed by atoms with Gasteiger partial charge in [0.25, 0.3) is 5.69 Å². The van der Waals surface area contributed by atoms with Gasteiger partial charge in [0.15, 0.2) is 23.8 Å². The Kier molecular flexibility index (Phi) is 6.98. The first-order valence-corrected chi connectivity index (χ1v) is 12.1. The molecule has 16 heteroatoms. The molecular formula is C23H26N8O8. The molecule has 4 atom stereocenters. The predicted molar refractivity (Wildman–Crippen MR) is 132 cm³/mol. The topological polar surface area (TPSA) is 235 Å². The summed E-state index contributed by atoms with van der Waals surface area (Å²) in [4.78, 5) is 49.0. The van der Waals surface area contributed by atoms with Gasteiger partial charge >= 0.3 is 6.09 Å². The van der Waals surface area contributed by atoms with E-state index in [-0.39, 0.29) is 34.3 Å². The Hall–Kier alpha value is -4.41. The highest BCUT2D eigenvalue weighted by Gasteiger charge is 2.47. The molecule has 1 aromatic carbocycles. The summed E-state index contributed by atoms with van der Waals surface area (Å²) in [5.74, 6) is -0.0136. The molecular weight excluding hydrogens is 516 g/mol. The number of rotatable bonds is 6. The van der Waals surface area contributed by atoms with Gasteiger partial charge in [0.2, 0.25) is 5.91 Å². The maximum atomic E-state index is 12.5. The Balaban J connectivity index is 1.23. The molecule has 2 aliphatic heterocycles. The first-order valence-electron chi connectivity index (χ1n) is 12.1. The van der Waals surface area contributed by atoms with Crippen LogP contribution in [0.4, 0.5) is 16.3 Å². The number of benzene rings is 1. The van der Waals surface area contributed by atoms with E-state index >= 15 is 0 Å². The van der Waals surface area contributed by atoms with Crippen molar-refractivity contribution in [3.8, 4) is 5.75 Å². The van der Waals surface area contributed by atoms with Gasteiger partial charge in [-0.15, -0.1) is 0 Å². The normalized spacial score (nSPS) is 23.7. The van der Waals surface area contributed by atoms with Crippen molar-refractivity contribution in [3.05, 3.63) is 46.5 Å². The van der Waals surface area contributed by atoms with Gasteiger partial charge in [0.05, 0.1) is 11.3 Å². The zero-order chi connectivity index (χ0) is 27.8. The van der Waals surface area contributed by atoms with Crippen LogP contribution >= 0.6 is 0 Å². The number of amides is 2. The van der Waals surface area contributed by atoms with Crippen LogP contribution in [0, 0.1) is 16.0 Å². The number of nitro benzene ring substituents is 1. The van der Waals surface area contributed by atoms with Crippen molar-refractivity contribution in [1.29, 1.82) is 0 Å². The van der Waals surface area contributed by atoms with Crippen LogP contribution in [-0.2, 0) is 16.0 Å². The number of nitrogen functional groups attached to an aromatic ring is 1. The molecule has 0 saturated carbocycles. The third-order valence-corrected chi connectivity index (χ3v) is 6.88. The van der Waals surface area contributed by atoms with Crippen LogP contribution < -0.4 is 16.2 Å². The third kappa shape index (κ3) is 5.16. The fourth-order valence-corrected chi connectivity index (χ4v) is 4.77. The number of aliphatic hydroxyl groups excluding tert-OH is 2. The van der Waals surface area contributed by atoms with E-state index in [0.29, 0.717) is 38.2 Å². The molecule has 2 fully saturated rings. The summed E-state index contributed by atoms with van der Waals surface area (Å²) >= 11 is 0. The molecule has 6 N–H and O–H groups in total. The average Bonchev–Trinajstić information content (AvgIpc) is 3.45. The molecule has 0 spiro atoms. The molecule has 2 saturated heterocycles. The molecule has 2 amide bonds. The van der Waals surface area contributed by atoms with E-state index in [1.165, 1.54) is 35.2 Å². The van der Waals surface area contributed by atoms with E-state index < -0.39 is 41.5 Å². The number of aliphatic hydroxyl groups is 2. The van der Waals surface area contributed by atoms with Gasteiger partial charge in [-0.1, -0.05) is 0 Å². The maximum absolute atomic E-state index is 12.5. The number of primary amides is 1. The number of carbonyl (C=O) groups excluding carboxylic acids is 2. The quantitative estimate of drug-likeness (QED) is 0.235. The number of nitrogens with two attached hydrogens (primary N) is 2. The molecule has 3 aromatic rings. The zero-order valence-corrected chi connectivity index (χ0v) is 20.5. The van der Waals surface area contributed by atoms with Gasteiger partial charge < -0.3 is 36.1 Å². The molecule has 0 aliphatic carbocycles. The number of fused-ring (bicyclic) bond motifs is 1. The van der Waals surface area contributed by atoms with Gasteiger partial charge in [-0.2, -0.15) is 0 Å². The Morgan fingerprint density at radius 2 is 1.85 bits per heavy atom. The Morgan fingerprint density at radius 3 is 2.46 bits per heavy atom. The average molecular weight is 543 g/mol. The van der Waals surface area contributed by atoms with Crippen LogP contribution in [0.15, 0.2) is 30.6 Å². The Morgan fingerprint density at radius 1 is 1.15 bits per heavy atom. The molecule has 4 heterocycles. The minimum absolute atomic E-state index is 0.0981. The molecule has 0 radical (unpaired) electrons. The summed E-state index contributed by atoms with van der Waals surface area (Å²) in [5.41, 5.74) is 11.8. The summed E-state index contributed by atoms with van der Waals surface area (Å²) in [6, 6.07) is 5.27. The molecule has 206 valence electrons. The number of nitro groups is 1. The number of imidazole rings is 1. The second-order valence-electron chi connectivity index (χ2n) is 9.43. The van der Waals surface area contributed by atoms with Crippen LogP contribution in [-0.4, -0.2) is 83.0 Å². The molecule has 2 aliphatic rings. The van der Waals surface area contributed by atoms with Crippen molar-refractivity contribution < 1.29 is 34.2 Å². The van der Waals surface area contributed by atoms with Gasteiger partial charge in [0, 0.05) is 31.6 Å². The molecule has 39 heavy (non-hydrogen) atoms. The number of likely N-dealkylation sites (tertiary alicyclic amines) is 1. The SMILES string of the molecule is NC(=O)[C@H]1O[C@@H](n2cnc3c(N)nc(CC4CCN(C(=O)Oc5ccc([N+](=O)[O-])cc5)CC4)nc32)C(O)C1O. The minimum atomic E-state index is -1.51. The first-order chi connectivity index (χ1) is 18.6. The van der Waals surface area contributed by atoms with Crippen LogP contribution in [0.1, 0.15) is 24.9 Å². The van der Waals surface area contributed by atoms with Gasteiger partial charge in [-0.25, -0.2) is 19.7 Å². The molecule has 5 rings (SSSR count). The van der Waals surface area contributed by atoms with E-state index in [1.807, 2.05) is 0 Å². The molecule has 2 aromatic heterocycles. The number of carbonyl (C=O) groups is 2. The fourth-order valence-electron chi connectivity index (χ4n) is 4.77. The summed E-state index contributed by atoms with van der Waals surface area (Å²) in [6.07, 6.45) is -2.97. The van der Waals surface area contributed by atoms with Crippen molar-refractivity contribution >= 4 is 34.7 Å². The number of non-ortho nitro benzene ring substituents is 1. The second-order valence-corrected chi connectivity index (χ2v) is 9.43. The van der Waals surface area contributed by atoms with E-state index in [0.717, 1.165) is 0 Å². The molecule has 16 nitrogen and oxygen atoms in total. The predicted octanol–water partition coefficient (Wildman–Crippen LogP) is -0.125. The van der Waals surface area contributed by atoms with Gasteiger partial charge in [-0.05, 0) is 30.9 Å². The first kappa shape index (κ1) is 26.2. The van der Waals surface area contributed by atoms with Crippen molar-refractivity contribution in [2.45, 2.75) is 43.8 Å². The lowest BCUT2D eigenvalue weighted by atomic mass is 9.93. The van der Waals surface area contributed by atoms with Crippen LogP contribution in [0.2, 0.25) is 0 Å². The standard InChI is InChI=1S/C23H26N8O8/c24-19-15-21(30(10-26-15)22-17(33)16(32)18(39-22)20(25)34)28-14(27-19)9-11-5-7-29(8-6-11)23(35)38-13-3-1-12(2-4-13)31(36)37/h1-4,10-11,16-18,22,32-33H,5-9H2,(H2,25,34)(H2,24,27,28)/t16?,17?,18-,22+/m0/s1. The Labute approximate surface area is 220 Å². The molecule has 2 unspecified atom stereocenters. The fraction of sp³-hybridized carbons (Fsp3) is 0.435. The highest BCUT2D eigenvalue weighted by molar-refractivity contribution is 5.82. The number of anilines is 1. The lowest BCUT2D eigenvalue weighted by Gasteiger charge is -2.31. The van der Waals surface area contributed by atoms with Gasteiger partial charge in [0.1, 0.15) is 29.3 Å².